The molecular weight excluding hydrogens is 400 g/mol. The highest BCUT2D eigenvalue weighted by molar-refractivity contribution is 6.05. The van der Waals surface area contributed by atoms with Gasteiger partial charge in [-0.1, -0.05) is 0 Å². The van der Waals surface area contributed by atoms with E-state index in [0.29, 0.717) is 35.1 Å². The van der Waals surface area contributed by atoms with Gasteiger partial charge >= 0.3 is 0 Å². The van der Waals surface area contributed by atoms with Crippen molar-refractivity contribution in [2.24, 2.45) is 0 Å². The van der Waals surface area contributed by atoms with Crippen molar-refractivity contribution in [2.45, 2.75) is 62.8 Å². The molecule has 1 aliphatic heterocycles. The molecule has 31 heavy (non-hydrogen) atoms. The van der Waals surface area contributed by atoms with Crippen LogP contribution in [0, 0.1) is 0 Å². The van der Waals surface area contributed by atoms with Crippen molar-refractivity contribution in [3.8, 4) is 5.75 Å². The number of methoxy groups -OCH3 is 1. The van der Waals surface area contributed by atoms with Crippen LogP contribution in [0.25, 0.3) is 11.0 Å². The molecule has 0 bridgehead atoms. The van der Waals surface area contributed by atoms with E-state index in [0.717, 1.165) is 25.5 Å². The molecule has 2 saturated carbocycles. The van der Waals surface area contributed by atoms with Gasteiger partial charge in [0.05, 0.1) is 11.5 Å². The van der Waals surface area contributed by atoms with E-state index in [4.69, 9.17) is 13.9 Å². The number of aldehydes is 1. The van der Waals surface area contributed by atoms with Crippen molar-refractivity contribution in [1.82, 2.24) is 10.2 Å². The number of carbonyl (C=O) groups excluding carboxylic acids is 3. The first kappa shape index (κ1) is 20.1. The molecule has 164 valence electrons. The summed E-state index contributed by atoms with van der Waals surface area (Å²) in [4.78, 5) is 39.6. The van der Waals surface area contributed by atoms with Gasteiger partial charge in [-0.3, -0.25) is 9.59 Å². The SMILES string of the molecule is COC1CC(N2C(=O)c3oc4cc(C(=O)NC5CCC5)ccc4c3OCC2(C)C=O)C1. The first-order valence-corrected chi connectivity index (χ1v) is 10.8. The normalized spacial score (nSPS) is 28.2. The minimum atomic E-state index is -1.10. The van der Waals surface area contributed by atoms with E-state index in [2.05, 4.69) is 5.32 Å². The summed E-state index contributed by atoms with van der Waals surface area (Å²) in [5.74, 6) is -0.138. The molecule has 2 amide bonds. The molecule has 0 radical (unpaired) electrons. The van der Waals surface area contributed by atoms with Crippen LogP contribution >= 0.6 is 0 Å². The molecular formula is C23H26N2O6. The molecule has 1 unspecified atom stereocenters. The van der Waals surface area contributed by atoms with Crippen molar-refractivity contribution >= 4 is 29.1 Å². The molecule has 8 nitrogen and oxygen atoms in total. The van der Waals surface area contributed by atoms with Crippen LogP contribution in [0.3, 0.4) is 0 Å². The zero-order valence-electron chi connectivity index (χ0n) is 17.7. The van der Waals surface area contributed by atoms with Crippen molar-refractivity contribution in [1.29, 1.82) is 0 Å². The summed E-state index contributed by atoms with van der Waals surface area (Å²) in [5.41, 5.74) is -0.207. The predicted octanol–water partition coefficient (Wildman–Crippen LogP) is 2.68. The molecule has 8 heteroatoms. The van der Waals surface area contributed by atoms with Gasteiger partial charge in [0, 0.05) is 24.8 Å². The maximum absolute atomic E-state index is 13.5. The van der Waals surface area contributed by atoms with E-state index in [1.807, 2.05) is 0 Å². The molecule has 1 atom stereocenters. The Hall–Kier alpha value is -2.87. The number of furan rings is 1. The van der Waals surface area contributed by atoms with Gasteiger partial charge in [-0.2, -0.15) is 0 Å². The topological polar surface area (TPSA) is 98.1 Å². The van der Waals surface area contributed by atoms with Crippen molar-refractivity contribution in [3.63, 3.8) is 0 Å². The van der Waals surface area contributed by atoms with E-state index in [1.165, 1.54) is 0 Å². The Morgan fingerprint density at radius 3 is 2.74 bits per heavy atom. The molecule has 1 aromatic heterocycles. The second-order valence-electron chi connectivity index (χ2n) is 8.99. The molecule has 5 rings (SSSR count). The van der Waals surface area contributed by atoms with E-state index in [1.54, 1.807) is 37.1 Å². The quantitative estimate of drug-likeness (QED) is 0.739. The molecule has 3 aliphatic rings. The van der Waals surface area contributed by atoms with E-state index >= 15 is 0 Å². The summed E-state index contributed by atoms with van der Waals surface area (Å²) in [7, 11) is 1.64. The van der Waals surface area contributed by atoms with Crippen LogP contribution < -0.4 is 10.1 Å². The Morgan fingerprint density at radius 2 is 2.10 bits per heavy atom. The summed E-state index contributed by atoms with van der Waals surface area (Å²) in [6.07, 6.45) is 5.30. The zero-order chi connectivity index (χ0) is 21.8. The lowest BCUT2D eigenvalue weighted by Crippen LogP contribution is -2.62. The second kappa shape index (κ2) is 7.37. The van der Waals surface area contributed by atoms with Crippen LogP contribution in [-0.2, 0) is 9.53 Å². The van der Waals surface area contributed by atoms with Crippen molar-refractivity contribution < 1.29 is 28.3 Å². The van der Waals surface area contributed by atoms with Crippen LogP contribution in [0.5, 0.6) is 5.75 Å². The Morgan fingerprint density at radius 1 is 1.32 bits per heavy atom. The van der Waals surface area contributed by atoms with Gasteiger partial charge in [0.2, 0.25) is 5.76 Å². The van der Waals surface area contributed by atoms with Crippen LogP contribution in [0.15, 0.2) is 22.6 Å². The lowest BCUT2D eigenvalue weighted by molar-refractivity contribution is -0.123. The first-order chi connectivity index (χ1) is 14.9. The maximum atomic E-state index is 13.5. The number of nitrogens with one attached hydrogen (secondary N) is 1. The van der Waals surface area contributed by atoms with Gasteiger partial charge in [-0.05, 0) is 57.2 Å². The van der Waals surface area contributed by atoms with Crippen LogP contribution in [-0.4, -0.2) is 60.4 Å². The van der Waals surface area contributed by atoms with Gasteiger partial charge in [-0.15, -0.1) is 0 Å². The van der Waals surface area contributed by atoms with Crippen LogP contribution in [0.2, 0.25) is 0 Å². The van der Waals surface area contributed by atoms with Gasteiger partial charge in [0.15, 0.2) is 5.75 Å². The third kappa shape index (κ3) is 3.20. The average Bonchev–Trinajstić information content (AvgIpc) is 3.03. The number of amides is 2. The van der Waals surface area contributed by atoms with Crippen LogP contribution in [0.4, 0.5) is 0 Å². The van der Waals surface area contributed by atoms with Crippen molar-refractivity contribution in [2.75, 3.05) is 13.7 Å². The first-order valence-electron chi connectivity index (χ1n) is 10.8. The minimum Gasteiger partial charge on any atom is -0.486 e. The van der Waals surface area contributed by atoms with E-state index in [-0.39, 0.29) is 42.4 Å². The predicted molar refractivity (Wildman–Crippen MR) is 111 cm³/mol. The fraction of sp³-hybridized carbons (Fsp3) is 0.522. The van der Waals surface area contributed by atoms with Crippen LogP contribution in [0.1, 0.15) is 59.9 Å². The number of hydrogen-bond donors (Lipinski definition) is 1. The summed E-state index contributed by atoms with van der Waals surface area (Å²) in [5, 5.41) is 3.62. The third-order valence-electron chi connectivity index (χ3n) is 6.84. The molecule has 0 saturated heterocycles. The van der Waals surface area contributed by atoms with Gasteiger partial charge in [0.25, 0.3) is 11.8 Å². The Kier molecular flexibility index (Phi) is 4.77. The lowest BCUT2D eigenvalue weighted by atomic mass is 9.84. The molecule has 0 spiro atoms. The molecule has 1 aromatic carbocycles. The summed E-state index contributed by atoms with van der Waals surface area (Å²) in [6.45, 7) is 1.73. The van der Waals surface area contributed by atoms with Crippen molar-refractivity contribution in [3.05, 3.63) is 29.5 Å². The summed E-state index contributed by atoms with van der Waals surface area (Å²) >= 11 is 0. The highest BCUT2D eigenvalue weighted by Gasteiger charge is 2.49. The van der Waals surface area contributed by atoms with E-state index in [9.17, 15) is 14.4 Å². The molecule has 2 heterocycles. The standard InChI is InChI=1S/C23H26N2O6/c1-23(11-26)12-30-19-17-7-6-13(21(27)24-14-4-3-5-14)8-18(17)31-20(19)22(28)25(23)15-9-16(10-15)29-2/h6-8,11,14-16H,3-5,9-10,12H2,1-2H3,(H,24,27). The maximum Gasteiger partial charge on any atom is 0.294 e. The highest BCUT2D eigenvalue weighted by atomic mass is 16.5. The number of carbonyl (C=O) groups is 3. The monoisotopic (exact) mass is 426 g/mol. The number of ether oxygens (including phenoxy) is 2. The second-order valence-corrected chi connectivity index (χ2v) is 8.99. The molecule has 1 N–H and O–H groups in total. The lowest BCUT2D eigenvalue weighted by Gasteiger charge is -2.47. The Balaban J connectivity index is 1.48. The smallest absolute Gasteiger partial charge is 0.294 e. The number of hydrogen-bond acceptors (Lipinski definition) is 6. The molecule has 2 aliphatic carbocycles. The number of fused-ring (bicyclic) bond motifs is 3. The fourth-order valence-electron chi connectivity index (χ4n) is 4.56. The Bertz CT molecular complexity index is 1050. The Labute approximate surface area is 179 Å². The van der Waals surface area contributed by atoms with Gasteiger partial charge in [-0.25, -0.2) is 0 Å². The molecule has 2 aromatic rings. The third-order valence-corrected chi connectivity index (χ3v) is 6.84. The molecule has 2 fully saturated rings. The number of benzene rings is 1. The zero-order valence-corrected chi connectivity index (χ0v) is 17.7. The van der Waals surface area contributed by atoms with Gasteiger partial charge < -0.3 is 28.9 Å². The number of rotatable bonds is 5. The average molecular weight is 426 g/mol. The fourth-order valence-corrected chi connectivity index (χ4v) is 4.56. The van der Waals surface area contributed by atoms with E-state index < -0.39 is 5.54 Å². The van der Waals surface area contributed by atoms with Gasteiger partial charge in [0.1, 0.15) is 24.0 Å². The summed E-state index contributed by atoms with van der Waals surface area (Å²) in [6, 6.07) is 5.19. The summed E-state index contributed by atoms with van der Waals surface area (Å²) < 4.78 is 17.2. The highest BCUT2D eigenvalue weighted by Crippen LogP contribution is 2.41. The minimum absolute atomic E-state index is 0.0297. The number of nitrogens with zero attached hydrogens (tertiary/aromatic N) is 1. The largest absolute Gasteiger partial charge is 0.486 e.